The molecule has 1 aliphatic carbocycles. The van der Waals surface area contributed by atoms with Gasteiger partial charge in [0.05, 0.1) is 6.20 Å². The monoisotopic (exact) mass is 236 g/mol. The number of hydrogen-bond donors (Lipinski definition) is 1. The van der Waals surface area contributed by atoms with Crippen molar-refractivity contribution in [3.8, 4) is 0 Å². The van der Waals surface area contributed by atoms with Gasteiger partial charge in [-0.2, -0.15) is 0 Å². The molecule has 0 aromatic carbocycles. The molecule has 1 N–H and O–H groups in total. The van der Waals surface area contributed by atoms with Crippen molar-refractivity contribution in [1.29, 1.82) is 0 Å². The molecule has 1 fully saturated rings. The molecule has 4 heteroatoms. The maximum Gasteiger partial charge on any atom is 0.144 e. The summed E-state index contributed by atoms with van der Waals surface area (Å²) < 4.78 is 1.95. The lowest BCUT2D eigenvalue weighted by Gasteiger charge is -2.10. The first-order chi connectivity index (χ1) is 8.40. The van der Waals surface area contributed by atoms with Gasteiger partial charge >= 0.3 is 0 Å². The first-order valence-electron chi connectivity index (χ1n) is 7.02. The van der Waals surface area contributed by atoms with E-state index in [4.69, 9.17) is 0 Å². The second kappa shape index (κ2) is 6.62. The molecule has 1 aromatic heterocycles. The van der Waals surface area contributed by atoms with E-state index in [1.807, 2.05) is 10.9 Å². The minimum atomic E-state index is 0.949. The van der Waals surface area contributed by atoms with Crippen LogP contribution in [0.25, 0.3) is 0 Å². The van der Waals surface area contributed by atoms with Crippen LogP contribution >= 0.6 is 0 Å². The van der Waals surface area contributed by atoms with E-state index in [-0.39, 0.29) is 0 Å². The first-order valence-corrected chi connectivity index (χ1v) is 7.02. The molecule has 17 heavy (non-hydrogen) atoms. The predicted molar refractivity (Wildman–Crippen MR) is 70.0 cm³/mol. The molecule has 0 aliphatic heterocycles. The summed E-state index contributed by atoms with van der Waals surface area (Å²) in [6, 6.07) is 0. The van der Waals surface area contributed by atoms with Crippen LogP contribution in [0.3, 0.4) is 0 Å². The fraction of sp³-hybridized carbons (Fsp3) is 0.846. The molecule has 0 unspecified atom stereocenters. The van der Waals surface area contributed by atoms with Gasteiger partial charge in [-0.1, -0.05) is 37.8 Å². The van der Waals surface area contributed by atoms with Crippen LogP contribution in [0, 0.1) is 5.92 Å². The SMILES string of the molecule is CCCn1nncc1NCCCC1CCCC1. The summed E-state index contributed by atoms with van der Waals surface area (Å²) in [5.41, 5.74) is 0. The Balaban J connectivity index is 1.65. The Hall–Kier alpha value is -1.06. The molecule has 0 radical (unpaired) electrons. The van der Waals surface area contributed by atoms with Gasteiger partial charge in [0, 0.05) is 13.1 Å². The van der Waals surface area contributed by atoms with Gasteiger partial charge in [0.1, 0.15) is 5.82 Å². The van der Waals surface area contributed by atoms with Crippen LogP contribution in [0.5, 0.6) is 0 Å². The molecule has 1 aliphatic rings. The second-order valence-corrected chi connectivity index (χ2v) is 5.06. The van der Waals surface area contributed by atoms with Crippen molar-refractivity contribution in [3.63, 3.8) is 0 Å². The third-order valence-corrected chi connectivity index (χ3v) is 3.62. The highest BCUT2D eigenvalue weighted by atomic mass is 15.4. The highest BCUT2D eigenvalue weighted by Crippen LogP contribution is 2.28. The Morgan fingerprint density at radius 1 is 1.41 bits per heavy atom. The number of nitrogens with zero attached hydrogens (tertiary/aromatic N) is 3. The van der Waals surface area contributed by atoms with Crippen LogP contribution in [0.1, 0.15) is 51.9 Å². The van der Waals surface area contributed by atoms with Gasteiger partial charge in [0.25, 0.3) is 0 Å². The number of nitrogens with one attached hydrogen (secondary N) is 1. The molecule has 4 nitrogen and oxygen atoms in total. The number of aromatic nitrogens is 3. The van der Waals surface area contributed by atoms with Crippen molar-refractivity contribution in [2.45, 2.75) is 58.4 Å². The van der Waals surface area contributed by atoms with Gasteiger partial charge in [-0.3, -0.25) is 0 Å². The second-order valence-electron chi connectivity index (χ2n) is 5.06. The predicted octanol–water partition coefficient (Wildman–Crippen LogP) is 3.07. The topological polar surface area (TPSA) is 42.7 Å². The zero-order chi connectivity index (χ0) is 11.9. The fourth-order valence-electron chi connectivity index (χ4n) is 2.68. The molecule has 0 amide bonds. The van der Waals surface area contributed by atoms with Crippen LogP contribution in [0.4, 0.5) is 5.82 Å². The van der Waals surface area contributed by atoms with Gasteiger partial charge in [-0.25, -0.2) is 4.68 Å². The van der Waals surface area contributed by atoms with Crippen molar-refractivity contribution in [3.05, 3.63) is 6.20 Å². The quantitative estimate of drug-likeness (QED) is 0.740. The summed E-state index contributed by atoms with van der Waals surface area (Å²) in [7, 11) is 0. The molecule has 1 aromatic rings. The Labute approximate surface area is 104 Å². The zero-order valence-electron chi connectivity index (χ0n) is 10.9. The molecule has 1 heterocycles. The summed E-state index contributed by atoms with van der Waals surface area (Å²) in [6.07, 6.45) is 11.4. The summed E-state index contributed by atoms with van der Waals surface area (Å²) in [6.45, 7) is 4.16. The van der Waals surface area contributed by atoms with E-state index in [0.717, 1.165) is 31.2 Å². The molecule has 96 valence electrons. The third kappa shape index (κ3) is 3.72. The van der Waals surface area contributed by atoms with Gasteiger partial charge in [-0.05, 0) is 25.2 Å². The fourth-order valence-corrected chi connectivity index (χ4v) is 2.68. The smallest absolute Gasteiger partial charge is 0.144 e. The van der Waals surface area contributed by atoms with Crippen molar-refractivity contribution >= 4 is 5.82 Å². The Kier molecular flexibility index (Phi) is 4.83. The van der Waals surface area contributed by atoms with E-state index in [0.29, 0.717) is 0 Å². The highest BCUT2D eigenvalue weighted by Gasteiger charge is 2.14. The largest absolute Gasteiger partial charge is 0.369 e. The molecular weight excluding hydrogens is 212 g/mol. The van der Waals surface area contributed by atoms with Crippen LogP contribution in [0.2, 0.25) is 0 Å². The van der Waals surface area contributed by atoms with Gasteiger partial charge in [0.2, 0.25) is 0 Å². The van der Waals surface area contributed by atoms with Crippen LogP contribution in [-0.4, -0.2) is 21.5 Å². The Bertz CT molecular complexity index is 315. The third-order valence-electron chi connectivity index (χ3n) is 3.62. The summed E-state index contributed by atoms with van der Waals surface area (Å²) >= 11 is 0. The number of aryl methyl sites for hydroxylation is 1. The minimum Gasteiger partial charge on any atom is -0.369 e. The van der Waals surface area contributed by atoms with E-state index < -0.39 is 0 Å². The molecule has 1 saturated carbocycles. The molecule has 0 atom stereocenters. The summed E-state index contributed by atoms with van der Waals surface area (Å²) in [5, 5.41) is 11.5. The lowest BCUT2D eigenvalue weighted by atomic mass is 10.0. The van der Waals surface area contributed by atoms with Crippen molar-refractivity contribution < 1.29 is 0 Å². The summed E-state index contributed by atoms with van der Waals surface area (Å²) in [5.74, 6) is 2.06. The van der Waals surface area contributed by atoms with Gasteiger partial charge in [-0.15, -0.1) is 5.10 Å². The van der Waals surface area contributed by atoms with Gasteiger partial charge in [0.15, 0.2) is 0 Å². The van der Waals surface area contributed by atoms with E-state index in [9.17, 15) is 0 Å². The van der Waals surface area contributed by atoms with Crippen LogP contribution in [0.15, 0.2) is 6.20 Å². The van der Waals surface area contributed by atoms with Crippen molar-refractivity contribution in [1.82, 2.24) is 15.0 Å². The first kappa shape index (κ1) is 12.4. The molecule has 2 rings (SSSR count). The van der Waals surface area contributed by atoms with Gasteiger partial charge < -0.3 is 5.32 Å². The lowest BCUT2D eigenvalue weighted by molar-refractivity contribution is 0.490. The highest BCUT2D eigenvalue weighted by molar-refractivity contribution is 5.30. The molecular formula is C13H24N4. The Morgan fingerprint density at radius 2 is 2.24 bits per heavy atom. The van der Waals surface area contributed by atoms with E-state index in [1.54, 1.807) is 0 Å². The van der Waals surface area contributed by atoms with Crippen LogP contribution in [-0.2, 0) is 6.54 Å². The van der Waals surface area contributed by atoms with E-state index >= 15 is 0 Å². The summed E-state index contributed by atoms with van der Waals surface area (Å²) in [4.78, 5) is 0. The lowest BCUT2D eigenvalue weighted by Crippen LogP contribution is -2.10. The van der Waals surface area contributed by atoms with Crippen molar-refractivity contribution in [2.24, 2.45) is 5.92 Å². The van der Waals surface area contributed by atoms with E-state index in [2.05, 4.69) is 22.6 Å². The number of rotatable bonds is 7. The minimum absolute atomic E-state index is 0.949. The normalized spacial score (nSPS) is 16.5. The molecule has 0 spiro atoms. The van der Waals surface area contributed by atoms with Crippen LogP contribution < -0.4 is 5.32 Å². The average Bonchev–Trinajstić information content (AvgIpc) is 2.96. The zero-order valence-corrected chi connectivity index (χ0v) is 10.9. The average molecular weight is 236 g/mol. The maximum absolute atomic E-state index is 4.07. The number of anilines is 1. The van der Waals surface area contributed by atoms with Crippen molar-refractivity contribution in [2.75, 3.05) is 11.9 Å². The molecule has 0 saturated heterocycles. The number of hydrogen-bond acceptors (Lipinski definition) is 3. The maximum atomic E-state index is 4.07. The standard InChI is InChI=1S/C13H24N4/c1-2-10-17-13(11-15-16-17)14-9-5-8-12-6-3-4-7-12/h11-12,14H,2-10H2,1H3. The Morgan fingerprint density at radius 3 is 3.00 bits per heavy atom. The molecule has 0 bridgehead atoms. The van der Waals surface area contributed by atoms with E-state index in [1.165, 1.54) is 38.5 Å².